The third-order valence-electron chi connectivity index (χ3n) is 4.28. The van der Waals surface area contributed by atoms with Gasteiger partial charge >= 0.3 is 0 Å². The van der Waals surface area contributed by atoms with E-state index < -0.39 is 0 Å². The smallest absolute Gasteiger partial charge is 0.182 e. The number of nitrogens with two attached hydrogens (primary N) is 1. The lowest BCUT2D eigenvalue weighted by atomic mass is 9.80. The Morgan fingerprint density at radius 3 is 2.86 bits per heavy atom. The minimum atomic E-state index is 0.316. The number of ether oxygens (including phenoxy) is 1. The molecule has 1 heterocycles. The molecule has 1 aliphatic carbocycles. The second-order valence-electron chi connectivity index (χ2n) is 5.56. The van der Waals surface area contributed by atoms with E-state index in [1.54, 1.807) is 0 Å². The summed E-state index contributed by atoms with van der Waals surface area (Å²) >= 11 is 0. The molecule has 0 spiro atoms. The zero-order chi connectivity index (χ0) is 14.8. The van der Waals surface area contributed by atoms with Gasteiger partial charge in [0.1, 0.15) is 5.75 Å². The Hall–Kier alpha value is -2.11. The van der Waals surface area contributed by atoms with Crippen molar-refractivity contribution < 1.29 is 4.74 Å². The molecule has 0 radical (unpaired) electrons. The molecule has 1 unspecified atom stereocenters. The van der Waals surface area contributed by atoms with Gasteiger partial charge in [-0.05, 0) is 61.2 Å². The van der Waals surface area contributed by atoms with E-state index in [2.05, 4.69) is 22.4 Å². The van der Waals surface area contributed by atoms with Crippen LogP contribution >= 0.6 is 0 Å². The van der Waals surface area contributed by atoms with E-state index in [1.807, 2.05) is 29.8 Å². The molecule has 1 fully saturated rings. The third-order valence-corrected chi connectivity index (χ3v) is 4.28. The Bertz CT molecular complexity index is 620. The Labute approximate surface area is 124 Å². The van der Waals surface area contributed by atoms with Crippen LogP contribution in [0.3, 0.4) is 0 Å². The van der Waals surface area contributed by atoms with Crippen molar-refractivity contribution >= 4 is 5.69 Å². The van der Waals surface area contributed by atoms with Gasteiger partial charge in [0.05, 0.1) is 18.3 Å². The molecule has 112 valence electrons. The molecule has 21 heavy (non-hydrogen) atoms. The van der Waals surface area contributed by atoms with Gasteiger partial charge in [-0.25, -0.2) is 4.68 Å². The third kappa shape index (κ3) is 2.57. The first kappa shape index (κ1) is 13.9. The summed E-state index contributed by atoms with van der Waals surface area (Å²) in [7, 11) is 0. The number of rotatable bonds is 5. The first-order valence-electron chi connectivity index (χ1n) is 7.51. The minimum absolute atomic E-state index is 0.316. The zero-order valence-corrected chi connectivity index (χ0v) is 12.5. The fourth-order valence-electron chi connectivity index (χ4n) is 2.75. The van der Waals surface area contributed by atoms with Crippen LogP contribution in [0.25, 0.3) is 11.4 Å². The van der Waals surface area contributed by atoms with E-state index in [0.717, 1.165) is 11.4 Å². The molecular weight excluding hydrogens is 266 g/mol. The first-order chi connectivity index (χ1) is 10.2. The molecule has 0 amide bonds. The SMILES string of the molecule is CCOc1ccc(-c2nnnn2C(C)C2CCC2)cc1N. The number of hydrogen-bond acceptors (Lipinski definition) is 5. The second-order valence-corrected chi connectivity index (χ2v) is 5.56. The molecule has 2 N–H and O–H groups in total. The highest BCUT2D eigenvalue weighted by Gasteiger charge is 2.28. The summed E-state index contributed by atoms with van der Waals surface area (Å²) in [5.41, 5.74) is 7.57. The van der Waals surface area contributed by atoms with Crippen molar-refractivity contribution in [2.24, 2.45) is 5.92 Å². The van der Waals surface area contributed by atoms with Crippen LogP contribution in [-0.4, -0.2) is 26.8 Å². The number of aromatic nitrogens is 4. The average molecular weight is 287 g/mol. The molecule has 2 aromatic rings. The van der Waals surface area contributed by atoms with Crippen molar-refractivity contribution in [3.05, 3.63) is 18.2 Å². The summed E-state index contributed by atoms with van der Waals surface area (Å²) in [5, 5.41) is 12.2. The minimum Gasteiger partial charge on any atom is -0.492 e. The van der Waals surface area contributed by atoms with Gasteiger partial charge in [-0.15, -0.1) is 5.10 Å². The Kier molecular flexibility index (Phi) is 3.77. The van der Waals surface area contributed by atoms with Crippen LogP contribution in [0.5, 0.6) is 5.75 Å². The number of tetrazole rings is 1. The molecule has 6 heteroatoms. The second kappa shape index (κ2) is 5.71. The maximum atomic E-state index is 6.03. The molecular formula is C15H21N5O. The highest BCUT2D eigenvalue weighted by molar-refractivity contribution is 5.66. The maximum absolute atomic E-state index is 6.03. The predicted molar refractivity (Wildman–Crippen MR) is 80.9 cm³/mol. The summed E-state index contributed by atoms with van der Waals surface area (Å²) in [6.45, 7) is 4.72. The van der Waals surface area contributed by atoms with E-state index in [1.165, 1.54) is 19.3 Å². The molecule has 1 aromatic carbocycles. The molecule has 0 saturated heterocycles. The van der Waals surface area contributed by atoms with Gasteiger partial charge in [0.2, 0.25) is 0 Å². The van der Waals surface area contributed by atoms with E-state index in [-0.39, 0.29) is 0 Å². The molecule has 6 nitrogen and oxygen atoms in total. The van der Waals surface area contributed by atoms with Gasteiger partial charge in [0, 0.05) is 5.56 Å². The summed E-state index contributed by atoms with van der Waals surface area (Å²) in [6.07, 6.45) is 3.82. The van der Waals surface area contributed by atoms with Crippen LogP contribution < -0.4 is 10.5 Å². The van der Waals surface area contributed by atoms with Crippen LogP contribution in [0.4, 0.5) is 5.69 Å². The van der Waals surface area contributed by atoms with E-state index in [9.17, 15) is 0 Å². The number of nitrogen functional groups attached to an aromatic ring is 1. The number of anilines is 1. The van der Waals surface area contributed by atoms with Gasteiger partial charge in [0.25, 0.3) is 0 Å². The van der Waals surface area contributed by atoms with Crippen molar-refractivity contribution in [1.82, 2.24) is 20.2 Å². The van der Waals surface area contributed by atoms with Crippen LogP contribution in [-0.2, 0) is 0 Å². The van der Waals surface area contributed by atoms with Crippen molar-refractivity contribution in [3.8, 4) is 17.1 Å². The van der Waals surface area contributed by atoms with Crippen LogP contribution in [0.15, 0.2) is 18.2 Å². The summed E-state index contributed by atoms with van der Waals surface area (Å²) in [5.74, 6) is 2.14. The summed E-state index contributed by atoms with van der Waals surface area (Å²) in [4.78, 5) is 0. The first-order valence-corrected chi connectivity index (χ1v) is 7.51. The van der Waals surface area contributed by atoms with E-state index >= 15 is 0 Å². The predicted octanol–water partition coefficient (Wildman–Crippen LogP) is 2.68. The standard InChI is InChI=1S/C15H21N5O/c1-3-21-14-8-7-12(9-13(14)16)15-17-18-19-20(15)10(2)11-5-4-6-11/h7-11H,3-6,16H2,1-2H3. The lowest BCUT2D eigenvalue weighted by Gasteiger charge is -2.31. The molecule has 1 aromatic heterocycles. The van der Waals surface area contributed by atoms with Crippen molar-refractivity contribution in [2.75, 3.05) is 12.3 Å². The van der Waals surface area contributed by atoms with Crippen molar-refractivity contribution in [3.63, 3.8) is 0 Å². The van der Waals surface area contributed by atoms with Crippen LogP contribution in [0.2, 0.25) is 0 Å². The fraction of sp³-hybridized carbons (Fsp3) is 0.533. The van der Waals surface area contributed by atoms with Gasteiger partial charge in [-0.3, -0.25) is 0 Å². The highest BCUT2D eigenvalue weighted by atomic mass is 16.5. The van der Waals surface area contributed by atoms with Crippen LogP contribution in [0, 0.1) is 5.92 Å². The maximum Gasteiger partial charge on any atom is 0.182 e. The Balaban J connectivity index is 1.90. The van der Waals surface area contributed by atoms with Gasteiger partial charge in [-0.1, -0.05) is 6.42 Å². The topological polar surface area (TPSA) is 78.9 Å². The van der Waals surface area contributed by atoms with Crippen LogP contribution in [0.1, 0.15) is 39.2 Å². The Morgan fingerprint density at radius 1 is 1.43 bits per heavy atom. The number of nitrogens with zero attached hydrogens (tertiary/aromatic N) is 4. The lowest BCUT2D eigenvalue weighted by molar-refractivity contribution is 0.210. The molecule has 1 atom stereocenters. The van der Waals surface area contributed by atoms with Gasteiger partial charge in [-0.2, -0.15) is 0 Å². The number of benzene rings is 1. The molecule has 1 aliphatic rings. The van der Waals surface area contributed by atoms with E-state index in [4.69, 9.17) is 10.5 Å². The molecule has 0 aliphatic heterocycles. The van der Waals surface area contributed by atoms with Crippen molar-refractivity contribution in [2.45, 2.75) is 39.2 Å². The number of hydrogen-bond donors (Lipinski definition) is 1. The van der Waals surface area contributed by atoms with Crippen molar-refractivity contribution in [1.29, 1.82) is 0 Å². The molecule has 0 bridgehead atoms. The monoisotopic (exact) mass is 287 g/mol. The largest absolute Gasteiger partial charge is 0.492 e. The Morgan fingerprint density at radius 2 is 2.24 bits per heavy atom. The van der Waals surface area contributed by atoms with Gasteiger partial charge in [0.15, 0.2) is 5.82 Å². The molecule has 3 rings (SSSR count). The fourth-order valence-corrected chi connectivity index (χ4v) is 2.75. The lowest BCUT2D eigenvalue weighted by Crippen LogP contribution is -2.24. The van der Waals surface area contributed by atoms with E-state index in [0.29, 0.717) is 30.0 Å². The average Bonchev–Trinajstić information content (AvgIpc) is 2.88. The highest BCUT2D eigenvalue weighted by Crippen LogP contribution is 2.37. The quantitative estimate of drug-likeness (QED) is 0.855. The summed E-state index contributed by atoms with van der Waals surface area (Å²) in [6, 6.07) is 6.02. The summed E-state index contributed by atoms with van der Waals surface area (Å²) < 4.78 is 7.38. The zero-order valence-electron chi connectivity index (χ0n) is 12.5. The van der Waals surface area contributed by atoms with Gasteiger partial charge < -0.3 is 10.5 Å². The normalized spacial score (nSPS) is 16.5. The molecule has 1 saturated carbocycles.